The smallest absolute Gasteiger partial charge is 0.338 e. The first-order valence-electron chi connectivity index (χ1n) is 9.13. The zero-order valence-corrected chi connectivity index (χ0v) is 16.0. The SMILES string of the molecule is CCC[C@H](NC(=O)[C@H](C)OC(=O)c1cccc(NC(N)=O)c1)c1ccccc1. The average Bonchev–Trinajstić information content (AvgIpc) is 2.67. The number of amides is 3. The quantitative estimate of drug-likeness (QED) is 0.607. The summed E-state index contributed by atoms with van der Waals surface area (Å²) in [7, 11) is 0. The van der Waals surface area contributed by atoms with E-state index in [1.54, 1.807) is 12.1 Å². The number of carbonyl (C=O) groups is 3. The van der Waals surface area contributed by atoms with Gasteiger partial charge in [0.25, 0.3) is 5.91 Å². The number of carbonyl (C=O) groups excluding carboxylic acids is 3. The van der Waals surface area contributed by atoms with Gasteiger partial charge in [0.15, 0.2) is 6.10 Å². The van der Waals surface area contributed by atoms with Gasteiger partial charge in [0.05, 0.1) is 11.6 Å². The van der Waals surface area contributed by atoms with Crippen molar-refractivity contribution in [2.45, 2.75) is 38.8 Å². The van der Waals surface area contributed by atoms with Crippen LogP contribution >= 0.6 is 0 Å². The van der Waals surface area contributed by atoms with E-state index >= 15 is 0 Å². The third kappa shape index (κ3) is 6.12. The summed E-state index contributed by atoms with van der Waals surface area (Å²) < 4.78 is 5.28. The van der Waals surface area contributed by atoms with E-state index in [0.717, 1.165) is 18.4 Å². The van der Waals surface area contributed by atoms with Gasteiger partial charge in [-0.2, -0.15) is 0 Å². The van der Waals surface area contributed by atoms with E-state index in [1.807, 2.05) is 37.3 Å². The Balaban J connectivity index is 2.00. The molecule has 28 heavy (non-hydrogen) atoms. The second-order valence-electron chi connectivity index (χ2n) is 6.38. The van der Waals surface area contributed by atoms with Crippen molar-refractivity contribution < 1.29 is 19.1 Å². The Hall–Kier alpha value is -3.35. The lowest BCUT2D eigenvalue weighted by Gasteiger charge is -2.21. The lowest BCUT2D eigenvalue weighted by molar-refractivity contribution is -0.129. The molecular formula is C21H25N3O4. The van der Waals surface area contributed by atoms with Crippen molar-refractivity contribution in [1.82, 2.24) is 5.32 Å². The number of primary amides is 1. The summed E-state index contributed by atoms with van der Waals surface area (Å²) in [5.74, 6) is -1.04. The lowest BCUT2D eigenvalue weighted by Crippen LogP contribution is -2.38. The summed E-state index contributed by atoms with van der Waals surface area (Å²) in [6.07, 6.45) is 0.702. The molecule has 3 amide bonds. The Morgan fingerprint density at radius 3 is 2.43 bits per heavy atom. The van der Waals surface area contributed by atoms with Crippen LogP contribution < -0.4 is 16.4 Å². The van der Waals surface area contributed by atoms with E-state index in [-0.39, 0.29) is 17.5 Å². The highest BCUT2D eigenvalue weighted by atomic mass is 16.5. The zero-order chi connectivity index (χ0) is 20.5. The maximum Gasteiger partial charge on any atom is 0.338 e. The summed E-state index contributed by atoms with van der Waals surface area (Å²) in [4.78, 5) is 35.8. The van der Waals surface area contributed by atoms with Gasteiger partial charge in [0, 0.05) is 5.69 Å². The molecule has 0 aliphatic carbocycles. The molecule has 0 heterocycles. The van der Waals surface area contributed by atoms with Crippen LogP contribution in [-0.2, 0) is 9.53 Å². The fourth-order valence-electron chi connectivity index (χ4n) is 2.73. The second kappa shape index (κ2) is 10.1. The Morgan fingerprint density at radius 2 is 1.79 bits per heavy atom. The molecule has 2 aromatic rings. The number of anilines is 1. The highest BCUT2D eigenvalue weighted by Gasteiger charge is 2.22. The Kier molecular flexibility index (Phi) is 7.56. The van der Waals surface area contributed by atoms with Crippen LogP contribution in [0.25, 0.3) is 0 Å². The van der Waals surface area contributed by atoms with Crippen LogP contribution in [0.15, 0.2) is 54.6 Å². The monoisotopic (exact) mass is 383 g/mol. The number of rotatable bonds is 8. The van der Waals surface area contributed by atoms with Crippen molar-refractivity contribution in [3.8, 4) is 0 Å². The van der Waals surface area contributed by atoms with Crippen LogP contribution in [0.2, 0.25) is 0 Å². The van der Waals surface area contributed by atoms with Crippen LogP contribution in [0, 0.1) is 0 Å². The first-order valence-corrected chi connectivity index (χ1v) is 9.13. The summed E-state index contributed by atoms with van der Waals surface area (Å²) in [6.45, 7) is 3.56. The number of hydrogen-bond acceptors (Lipinski definition) is 4. The maximum atomic E-state index is 12.5. The van der Waals surface area contributed by atoms with Gasteiger partial charge < -0.3 is 21.1 Å². The number of hydrogen-bond donors (Lipinski definition) is 3. The molecule has 0 fully saturated rings. The van der Waals surface area contributed by atoms with Gasteiger partial charge in [0.2, 0.25) is 0 Å². The van der Waals surface area contributed by atoms with Gasteiger partial charge in [-0.05, 0) is 37.1 Å². The number of nitrogens with two attached hydrogens (primary N) is 1. The van der Waals surface area contributed by atoms with Crippen molar-refractivity contribution in [2.75, 3.05) is 5.32 Å². The van der Waals surface area contributed by atoms with Gasteiger partial charge in [-0.1, -0.05) is 49.7 Å². The van der Waals surface area contributed by atoms with E-state index in [2.05, 4.69) is 10.6 Å². The van der Waals surface area contributed by atoms with E-state index in [0.29, 0.717) is 5.69 Å². The molecule has 0 aromatic heterocycles. The van der Waals surface area contributed by atoms with Crippen molar-refractivity contribution in [3.05, 3.63) is 65.7 Å². The largest absolute Gasteiger partial charge is 0.449 e. The summed E-state index contributed by atoms with van der Waals surface area (Å²) >= 11 is 0. The van der Waals surface area contributed by atoms with Gasteiger partial charge in [-0.15, -0.1) is 0 Å². The molecule has 0 aliphatic heterocycles. The maximum absolute atomic E-state index is 12.5. The molecule has 4 N–H and O–H groups in total. The van der Waals surface area contributed by atoms with E-state index in [4.69, 9.17) is 10.5 Å². The summed E-state index contributed by atoms with van der Waals surface area (Å²) in [5, 5.41) is 5.32. The van der Waals surface area contributed by atoms with Crippen molar-refractivity contribution in [3.63, 3.8) is 0 Å². The number of urea groups is 1. The molecular weight excluding hydrogens is 358 g/mol. The molecule has 7 nitrogen and oxygen atoms in total. The third-order valence-corrected chi connectivity index (χ3v) is 4.11. The number of ether oxygens (including phenoxy) is 1. The third-order valence-electron chi connectivity index (χ3n) is 4.11. The number of esters is 1. The van der Waals surface area contributed by atoms with Crippen LogP contribution in [0.3, 0.4) is 0 Å². The summed E-state index contributed by atoms with van der Waals surface area (Å²) in [6, 6.07) is 14.9. The topological polar surface area (TPSA) is 111 Å². The van der Waals surface area contributed by atoms with Gasteiger partial charge >= 0.3 is 12.0 Å². The highest BCUT2D eigenvalue weighted by molar-refractivity contribution is 5.95. The molecule has 2 atom stereocenters. The fourth-order valence-corrected chi connectivity index (χ4v) is 2.73. The van der Waals surface area contributed by atoms with Crippen LogP contribution in [0.5, 0.6) is 0 Å². The highest BCUT2D eigenvalue weighted by Crippen LogP contribution is 2.19. The van der Waals surface area contributed by atoms with E-state index < -0.39 is 18.1 Å². The Bertz CT molecular complexity index is 823. The van der Waals surface area contributed by atoms with Gasteiger partial charge in [-0.25, -0.2) is 9.59 Å². The van der Waals surface area contributed by atoms with Crippen molar-refractivity contribution >= 4 is 23.6 Å². The molecule has 148 valence electrons. The first kappa shape index (κ1) is 21.0. The molecule has 0 saturated carbocycles. The van der Waals surface area contributed by atoms with Crippen molar-refractivity contribution in [1.29, 1.82) is 0 Å². The minimum Gasteiger partial charge on any atom is -0.449 e. The van der Waals surface area contributed by atoms with Crippen LogP contribution in [0.1, 0.15) is 48.7 Å². The molecule has 0 aliphatic rings. The minimum atomic E-state index is -0.969. The summed E-state index contributed by atoms with van der Waals surface area (Å²) in [5.41, 5.74) is 6.65. The number of nitrogens with one attached hydrogen (secondary N) is 2. The first-order chi connectivity index (χ1) is 13.4. The van der Waals surface area contributed by atoms with Gasteiger partial charge in [0.1, 0.15) is 0 Å². The Morgan fingerprint density at radius 1 is 1.07 bits per heavy atom. The predicted molar refractivity (Wildman–Crippen MR) is 107 cm³/mol. The standard InChI is InChI=1S/C21H25N3O4/c1-3-8-18(15-9-5-4-6-10-15)24-19(25)14(2)28-20(26)16-11-7-12-17(13-16)23-21(22)27/h4-7,9-14,18H,3,8H2,1-2H3,(H,24,25)(H3,22,23,27)/t14-,18-/m0/s1. The Labute approximate surface area is 164 Å². The zero-order valence-electron chi connectivity index (χ0n) is 16.0. The molecule has 0 unspecified atom stereocenters. The van der Waals surface area contributed by atoms with Gasteiger partial charge in [-0.3, -0.25) is 4.79 Å². The molecule has 2 aromatic carbocycles. The minimum absolute atomic E-state index is 0.150. The molecule has 0 saturated heterocycles. The van der Waals surface area contributed by atoms with E-state index in [9.17, 15) is 14.4 Å². The lowest BCUT2D eigenvalue weighted by atomic mass is 10.0. The van der Waals surface area contributed by atoms with Crippen molar-refractivity contribution in [2.24, 2.45) is 5.73 Å². The van der Waals surface area contributed by atoms with E-state index in [1.165, 1.54) is 19.1 Å². The molecule has 0 radical (unpaired) electrons. The molecule has 7 heteroatoms. The van der Waals surface area contributed by atoms with Crippen LogP contribution in [0.4, 0.5) is 10.5 Å². The normalized spacial score (nSPS) is 12.5. The number of benzene rings is 2. The second-order valence-corrected chi connectivity index (χ2v) is 6.38. The van der Waals surface area contributed by atoms with Crippen LogP contribution in [-0.4, -0.2) is 24.0 Å². The molecule has 2 rings (SSSR count). The average molecular weight is 383 g/mol. The predicted octanol–water partition coefficient (Wildman–Crippen LogP) is 3.38. The fraction of sp³-hybridized carbons (Fsp3) is 0.286. The molecule has 0 bridgehead atoms. The molecule has 0 spiro atoms.